The standard InChI is InChI=1S/C17H22N2O3/c20-16(21)13-6-8-14(9-7-13)18-17(22)19-11-10-15(19)12-4-2-1-3-5-12/h1-5,13-15H,6-11H2,(H,18,22)(H,20,21). The van der Waals surface area contributed by atoms with Crippen molar-refractivity contribution in [1.29, 1.82) is 0 Å². The van der Waals surface area contributed by atoms with Crippen LogP contribution in [0.3, 0.4) is 0 Å². The van der Waals surface area contributed by atoms with E-state index >= 15 is 0 Å². The van der Waals surface area contributed by atoms with Crippen LogP contribution < -0.4 is 5.32 Å². The van der Waals surface area contributed by atoms with Gasteiger partial charge >= 0.3 is 12.0 Å². The van der Waals surface area contributed by atoms with Gasteiger partial charge in [0.1, 0.15) is 0 Å². The zero-order valence-electron chi connectivity index (χ0n) is 12.6. The molecule has 2 aliphatic rings. The molecule has 0 aromatic heterocycles. The summed E-state index contributed by atoms with van der Waals surface area (Å²) in [4.78, 5) is 25.2. The molecule has 22 heavy (non-hydrogen) atoms. The van der Waals surface area contributed by atoms with Gasteiger partial charge in [-0.25, -0.2) is 4.79 Å². The molecule has 1 heterocycles. The Bertz CT molecular complexity index is 538. The van der Waals surface area contributed by atoms with Crippen LogP contribution in [-0.4, -0.2) is 34.6 Å². The Morgan fingerprint density at radius 2 is 1.73 bits per heavy atom. The van der Waals surface area contributed by atoms with Gasteiger partial charge in [0.15, 0.2) is 0 Å². The van der Waals surface area contributed by atoms with Crippen molar-refractivity contribution in [1.82, 2.24) is 10.2 Å². The fourth-order valence-electron chi connectivity index (χ4n) is 3.39. The third-order valence-electron chi connectivity index (χ3n) is 4.87. The molecule has 1 saturated carbocycles. The van der Waals surface area contributed by atoms with Crippen LogP contribution in [0.5, 0.6) is 0 Å². The van der Waals surface area contributed by atoms with Gasteiger partial charge in [-0.2, -0.15) is 0 Å². The minimum atomic E-state index is -0.711. The molecular weight excluding hydrogens is 280 g/mol. The Morgan fingerprint density at radius 3 is 2.27 bits per heavy atom. The number of nitrogens with one attached hydrogen (secondary N) is 1. The first-order valence-electron chi connectivity index (χ1n) is 8.00. The second-order valence-electron chi connectivity index (χ2n) is 6.24. The highest BCUT2D eigenvalue weighted by molar-refractivity contribution is 5.76. The van der Waals surface area contributed by atoms with E-state index in [1.54, 1.807) is 0 Å². The third kappa shape index (κ3) is 3.08. The fraction of sp³-hybridized carbons (Fsp3) is 0.529. The van der Waals surface area contributed by atoms with Crippen LogP contribution in [0.4, 0.5) is 4.79 Å². The summed E-state index contributed by atoms with van der Waals surface area (Å²) in [5, 5.41) is 12.1. The molecule has 2 N–H and O–H groups in total. The number of carbonyl (C=O) groups excluding carboxylic acids is 1. The lowest BCUT2D eigenvalue weighted by Crippen LogP contribution is -2.52. The minimum absolute atomic E-state index is 0.0149. The Kier molecular flexibility index (Phi) is 4.32. The quantitative estimate of drug-likeness (QED) is 0.902. The molecule has 0 radical (unpaired) electrons. The first-order valence-corrected chi connectivity index (χ1v) is 8.00. The predicted molar refractivity (Wildman–Crippen MR) is 82.4 cm³/mol. The number of rotatable bonds is 3. The Labute approximate surface area is 130 Å². The largest absolute Gasteiger partial charge is 0.481 e. The molecule has 0 spiro atoms. The molecule has 1 aliphatic carbocycles. The molecule has 5 nitrogen and oxygen atoms in total. The molecule has 1 unspecified atom stereocenters. The smallest absolute Gasteiger partial charge is 0.318 e. The highest BCUT2D eigenvalue weighted by Crippen LogP contribution is 2.33. The second-order valence-corrected chi connectivity index (χ2v) is 6.24. The summed E-state index contributed by atoms with van der Waals surface area (Å²) < 4.78 is 0. The normalized spacial score (nSPS) is 27.8. The highest BCUT2D eigenvalue weighted by atomic mass is 16.4. The van der Waals surface area contributed by atoms with Crippen molar-refractivity contribution in [3.8, 4) is 0 Å². The van der Waals surface area contributed by atoms with Crippen LogP contribution >= 0.6 is 0 Å². The van der Waals surface area contributed by atoms with E-state index in [1.807, 2.05) is 23.1 Å². The summed E-state index contributed by atoms with van der Waals surface area (Å²) in [5.74, 6) is -0.953. The van der Waals surface area contributed by atoms with Crippen LogP contribution in [0.25, 0.3) is 0 Å². The first-order chi connectivity index (χ1) is 10.6. The van der Waals surface area contributed by atoms with Crippen molar-refractivity contribution in [2.24, 2.45) is 5.92 Å². The van der Waals surface area contributed by atoms with Gasteiger partial charge in [-0.3, -0.25) is 4.79 Å². The number of carboxylic acids is 1. The third-order valence-corrected chi connectivity index (χ3v) is 4.87. The number of carbonyl (C=O) groups is 2. The molecule has 1 aromatic rings. The number of carboxylic acid groups (broad SMARTS) is 1. The summed E-state index contributed by atoms with van der Waals surface area (Å²) in [6, 6.07) is 10.4. The number of urea groups is 1. The molecule has 1 aliphatic heterocycles. The number of amides is 2. The topological polar surface area (TPSA) is 69.6 Å². The van der Waals surface area contributed by atoms with Crippen molar-refractivity contribution in [3.63, 3.8) is 0 Å². The minimum Gasteiger partial charge on any atom is -0.481 e. The van der Waals surface area contributed by atoms with Gasteiger partial charge in [0.25, 0.3) is 0 Å². The average Bonchev–Trinajstić information content (AvgIpc) is 2.47. The Morgan fingerprint density at radius 1 is 1.05 bits per heavy atom. The lowest BCUT2D eigenvalue weighted by Gasteiger charge is -2.42. The highest BCUT2D eigenvalue weighted by Gasteiger charge is 2.35. The molecule has 118 valence electrons. The van der Waals surface area contributed by atoms with E-state index in [1.165, 1.54) is 5.56 Å². The van der Waals surface area contributed by atoms with Crippen molar-refractivity contribution in [3.05, 3.63) is 35.9 Å². The number of benzene rings is 1. The van der Waals surface area contributed by atoms with Gasteiger partial charge < -0.3 is 15.3 Å². The van der Waals surface area contributed by atoms with Gasteiger partial charge in [0.05, 0.1) is 12.0 Å². The van der Waals surface area contributed by atoms with E-state index in [2.05, 4.69) is 17.4 Å². The summed E-state index contributed by atoms with van der Waals surface area (Å²) in [7, 11) is 0. The van der Waals surface area contributed by atoms with Crippen molar-refractivity contribution in [2.45, 2.75) is 44.2 Å². The van der Waals surface area contributed by atoms with Crippen LogP contribution in [0.15, 0.2) is 30.3 Å². The SMILES string of the molecule is O=C(O)C1CCC(NC(=O)N2CCC2c2ccccc2)CC1. The zero-order chi connectivity index (χ0) is 15.5. The maximum absolute atomic E-state index is 12.4. The van der Waals surface area contributed by atoms with Gasteiger partial charge in [-0.15, -0.1) is 0 Å². The lowest BCUT2D eigenvalue weighted by molar-refractivity contribution is -0.142. The first kappa shape index (κ1) is 14.9. The number of aliphatic carboxylic acids is 1. The summed E-state index contributed by atoms with van der Waals surface area (Å²) in [6.07, 6.45) is 3.83. The van der Waals surface area contributed by atoms with Crippen molar-refractivity contribution >= 4 is 12.0 Å². The number of nitrogens with zero attached hydrogens (tertiary/aromatic N) is 1. The maximum Gasteiger partial charge on any atom is 0.318 e. The summed E-state index contributed by atoms with van der Waals surface area (Å²) in [5.41, 5.74) is 1.18. The number of hydrogen-bond acceptors (Lipinski definition) is 2. The fourth-order valence-corrected chi connectivity index (χ4v) is 3.39. The zero-order valence-corrected chi connectivity index (χ0v) is 12.6. The molecule has 1 saturated heterocycles. The van der Waals surface area contributed by atoms with Crippen LogP contribution in [-0.2, 0) is 4.79 Å². The van der Waals surface area contributed by atoms with E-state index in [4.69, 9.17) is 5.11 Å². The molecule has 3 rings (SSSR count). The predicted octanol–water partition coefficient (Wildman–Crippen LogP) is 2.79. The van der Waals surface area contributed by atoms with E-state index in [-0.39, 0.29) is 24.0 Å². The number of likely N-dealkylation sites (tertiary alicyclic amines) is 1. The average molecular weight is 302 g/mol. The molecular formula is C17H22N2O3. The molecule has 5 heteroatoms. The lowest BCUT2D eigenvalue weighted by atomic mass is 9.86. The van der Waals surface area contributed by atoms with Gasteiger partial charge in [0.2, 0.25) is 0 Å². The summed E-state index contributed by atoms with van der Waals surface area (Å²) >= 11 is 0. The molecule has 1 atom stereocenters. The van der Waals surface area contributed by atoms with E-state index in [0.717, 1.165) is 25.8 Å². The van der Waals surface area contributed by atoms with E-state index in [0.29, 0.717) is 12.8 Å². The van der Waals surface area contributed by atoms with E-state index < -0.39 is 5.97 Å². The van der Waals surface area contributed by atoms with Gasteiger partial charge in [0, 0.05) is 12.6 Å². The Hall–Kier alpha value is -2.04. The van der Waals surface area contributed by atoms with Crippen molar-refractivity contribution in [2.75, 3.05) is 6.54 Å². The van der Waals surface area contributed by atoms with Crippen LogP contribution in [0.1, 0.15) is 43.7 Å². The molecule has 2 amide bonds. The maximum atomic E-state index is 12.4. The Balaban J connectivity index is 1.52. The van der Waals surface area contributed by atoms with Gasteiger partial charge in [-0.05, 0) is 37.7 Å². The molecule has 2 fully saturated rings. The molecule has 0 bridgehead atoms. The van der Waals surface area contributed by atoms with Gasteiger partial charge in [-0.1, -0.05) is 30.3 Å². The van der Waals surface area contributed by atoms with Crippen LogP contribution in [0, 0.1) is 5.92 Å². The van der Waals surface area contributed by atoms with E-state index in [9.17, 15) is 9.59 Å². The van der Waals surface area contributed by atoms with Crippen LogP contribution in [0.2, 0.25) is 0 Å². The van der Waals surface area contributed by atoms with Crippen molar-refractivity contribution < 1.29 is 14.7 Å². The number of hydrogen-bond donors (Lipinski definition) is 2. The second kappa shape index (κ2) is 6.38. The monoisotopic (exact) mass is 302 g/mol. The summed E-state index contributed by atoms with van der Waals surface area (Å²) in [6.45, 7) is 0.788. The molecule has 1 aromatic carbocycles.